The zero-order chi connectivity index (χ0) is 12.2. The molecule has 0 aliphatic rings. The Morgan fingerprint density at radius 3 is 2.75 bits per heavy atom. The highest BCUT2D eigenvalue weighted by molar-refractivity contribution is 7.89. The van der Waals surface area contributed by atoms with Gasteiger partial charge in [0.1, 0.15) is 16.5 Å². The van der Waals surface area contributed by atoms with Crippen molar-refractivity contribution >= 4 is 10.0 Å². The highest BCUT2D eigenvalue weighted by atomic mass is 32.2. The van der Waals surface area contributed by atoms with Gasteiger partial charge in [-0.05, 0) is 18.2 Å². The molecular weight excluding hydrogens is 237 g/mol. The molecule has 90 valence electrons. The molecule has 0 bridgehead atoms. The number of sulfonamides is 1. The first-order valence-corrected chi connectivity index (χ1v) is 5.93. The average molecular weight is 249 g/mol. The lowest BCUT2D eigenvalue weighted by Crippen LogP contribution is -2.27. The van der Waals surface area contributed by atoms with Crippen LogP contribution in [0.5, 0.6) is 5.75 Å². The normalized spacial score (nSPS) is 11.4. The lowest BCUT2D eigenvalue weighted by Gasteiger charge is -2.09. The number of ether oxygens (including phenoxy) is 1. The van der Waals surface area contributed by atoms with E-state index in [2.05, 4.69) is 4.72 Å². The number of aliphatic hydroxyl groups is 1. The monoisotopic (exact) mass is 249 g/mol. The zero-order valence-corrected chi connectivity index (χ0v) is 9.42. The first-order valence-electron chi connectivity index (χ1n) is 4.45. The van der Waals surface area contributed by atoms with Gasteiger partial charge in [0.05, 0.1) is 13.7 Å². The molecule has 16 heavy (non-hydrogen) atoms. The van der Waals surface area contributed by atoms with Crippen LogP contribution in [-0.2, 0) is 10.0 Å². The Labute approximate surface area is 92.9 Å². The lowest BCUT2D eigenvalue weighted by molar-refractivity contribution is 0.301. The van der Waals surface area contributed by atoms with Gasteiger partial charge in [-0.3, -0.25) is 0 Å². The maximum absolute atomic E-state index is 12.9. The van der Waals surface area contributed by atoms with Gasteiger partial charge in [-0.25, -0.2) is 17.5 Å². The molecule has 0 aliphatic heterocycles. The Balaban J connectivity index is 3.15. The predicted molar refractivity (Wildman–Crippen MR) is 55.2 cm³/mol. The zero-order valence-electron chi connectivity index (χ0n) is 8.60. The SMILES string of the molecule is COc1ccc(F)cc1S(=O)(=O)NCCO. The van der Waals surface area contributed by atoms with Gasteiger partial charge in [-0.15, -0.1) is 0 Å². The summed E-state index contributed by atoms with van der Waals surface area (Å²) in [5.74, 6) is -0.628. The van der Waals surface area contributed by atoms with Crippen molar-refractivity contribution < 1.29 is 22.7 Å². The second-order valence-corrected chi connectivity index (χ2v) is 4.65. The highest BCUT2D eigenvalue weighted by Gasteiger charge is 2.19. The Morgan fingerprint density at radius 1 is 1.50 bits per heavy atom. The van der Waals surface area contributed by atoms with Crippen molar-refractivity contribution in [3.63, 3.8) is 0 Å². The summed E-state index contributed by atoms with van der Waals surface area (Å²) in [6.07, 6.45) is 0. The molecule has 0 atom stereocenters. The standard InChI is InChI=1S/C9H12FNO4S/c1-15-8-3-2-7(10)6-9(8)16(13,14)11-4-5-12/h2-3,6,11-12H,4-5H2,1H3. The number of aliphatic hydroxyl groups excluding tert-OH is 1. The molecular formula is C9H12FNO4S. The second kappa shape index (κ2) is 5.24. The highest BCUT2D eigenvalue weighted by Crippen LogP contribution is 2.23. The molecule has 0 radical (unpaired) electrons. The van der Waals surface area contributed by atoms with Crippen LogP contribution in [0.25, 0.3) is 0 Å². The molecule has 2 N–H and O–H groups in total. The third-order valence-electron chi connectivity index (χ3n) is 1.82. The van der Waals surface area contributed by atoms with Crippen molar-refractivity contribution in [1.29, 1.82) is 0 Å². The molecule has 0 fully saturated rings. The number of rotatable bonds is 5. The fraction of sp³-hybridized carbons (Fsp3) is 0.333. The van der Waals surface area contributed by atoms with Crippen molar-refractivity contribution in [2.75, 3.05) is 20.3 Å². The number of halogens is 1. The minimum absolute atomic E-state index is 0.0480. The Bertz CT molecular complexity index is 461. The molecule has 7 heteroatoms. The summed E-state index contributed by atoms with van der Waals surface area (Å²) < 4.78 is 43.2. The van der Waals surface area contributed by atoms with Crippen molar-refractivity contribution in [2.45, 2.75) is 4.90 Å². The van der Waals surface area contributed by atoms with Crippen molar-refractivity contribution in [2.24, 2.45) is 0 Å². The average Bonchev–Trinajstić information content (AvgIpc) is 2.26. The van der Waals surface area contributed by atoms with Crippen molar-refractivity contribution in [3.8, 4) is 5.75 Å². The molecule has 0 aliphatic carbocycles. The molecule has 1 aromatic carbocycles. The maximum Gasteiger partial charge on any atom is 0.244 e. The Kier molecular flexibility index (Phi) is 4.22. The summed E-state index contributed by atoms with van der Waals surface area (Å²) in [4.78, 5) is -0.288. The molecule has 0 aromatic heterocycles. The van der Waals surface area contributed by atoms with Crippen molar-refractivity contribution in [1.82, 2.24) is 4.72 Å². The minimum atomic E-state index is -3.86. The van der Waals surface area contributed by atoms with E-state index in [-0.39, 0.29) is 23.8 Å². The van der Waals surface area contributed by atoms with Gasteiger partial charge in [0.25, 0.3) is 0 Å². The number of hydrogen-bond donors (Lipinski definition) is 2. The molecule has 0 unspecified atom stereocenters. The van der Waals surface area contributed by atoms with Gasteiger partial charge in [0.15, 0.2) is 0 Å². The minimum Gasteiger partial charge on any atom is -0.495 e. The number of methoxy groups -OCH3 is 1. The van der Waals surface area contributed by atoms with Crippen LogP contribution in [0.4, 0.5) is 4.39 Å². The summed E-state index contributed by atoms with van der Waals surface area (Å²) in [5.41, 5.74) is 0. The first-order chi connectivity index (χ1) is 7.51. The van der Waals surface area contributed by atoms with Gasteiger partial charge in [0, 0.05) is 6.54 Å². The summed E-state index contributed by atoms with van der Waals surface area (Å²) in [7, 11) is -2.57. The van der Waals surface area contributed by atoms with E-state index in [1.54, 1.807) is 0 Å². The van der Waals surface area contributed by atoms with Gasteiger partial charge in [-0.2, -0.15) is 0 Å². The van der Waals surface area contributed by atoms with E-state index >= 15 is 0 Å². The van der Waals surface area contributed by atoms with E-state index in [9.17, 15) is 12.8 Å². The summed E-state index contributed by atoms with van der Waals surface area (Å²) in [6, 6.07) is 3.19. The quantitative estimate of drug-likeness (QED) is 0.776. The summed E-state index contributed by atoms with van der Waals surface area (Å²) in [5, 5.41) is 8.53. The molecule has 1 aromatic rings. The third-order valence-corrected chi connectivity index (χ3v) is 3.30. The van der Waals surface area contributed by atoms with Crippen LogP contribution in [0.3, 0.4) is 0 Å². The number of benzene rings is 1. The molecule has 5 nitrogen and oxygen atoms in total. The molecule has 0 heterocycles. The van der Waals surface area contributed by atoms with Crippen LogP contribution < -0.4 is 9.46 Å². The van der Waals surface area contributed by atoms with E-state index in [0.717, 1.165) is 12.1 Å². The molecule has 1 rings (SSSR count). The molecule has 0 spiro atoms. The largest absolute Gasteiger partial charge is 0.495 e. The second-order valence-electron chi connectivity index (χ2n) is 2.92. The Hall–Kier alpha value is -1.18. The van der Waals surface area contributed by atoms with E-state index in [1.165, 1.54) is 13.2 Å². The topological polar surface area (TPSA) is 75.6 Å². The van der Waals surface area contributed by atoms with E-state index in [0.29, 0.717) is 0 Å². The molecule has 0 saturated heterocycles. The van der Waals surface area contributed by atoms with Gasteiger partial charge >= 0.3 is 0 Å². The number of hydrogen-bond acceptors (Lipinski definition) is 4. The van der Waals surface area contributed by atoms with Gasteiger partial charge in [-0.1, -0.05) is 0 Å². The summed E-state index contributed by atoms with van der Waals surface area (Å²) >= 11 is 0. The predicted octanol–water partition coefficient (Wildman–Crippen LogP) is 0.105. The van der Waals surface area contributed by atoms with E-state index < -0.39 is 15.8 Å². The van der Waals surface area contributed by atoms with Crippen LogP contribution in [0.15, 0.2) is 23.1 Å². The van der Waals surface area contributed by atoms with Crippen LogP contribution in [-0.4, -0.2) is 33.8 Å². The van der Waals surface area contributed by atoms with Crippen LogP contribution >= 0.6 is 0 Å². The van der Waals surface area contributed by atoms with Crippen LogP contribution in [0, 0.1) is 5.82 Å². The fourth-order valence-corrected chi connectivity index (χ4v) is 2.32. The van der Waals surface area contributed by atoms with Crippen LogP contribution in [0.1, 0.15) is 0 Å². The van der Waals surface area contributed by atoms with E-state index in [1.807, 2.05) is 0 Å². The van der Waals surface area contributed by atoms with Crippen molar-refractivity contribution in [3.05, 3.63) is 24.0 Å². The molecule has 0 saturated carbocycles. The Morgan fingerprint density at radius 2 is 2.19 bits per heavy atom. The first kappa shape index (κ1) is 12.9. The smallest absolute Gasteiger partial charge is 0.244 e. The van der Waals surface area contributed by atoms with E-state index in [4.69, 9.17) is 9.84 Å². The molecule has 0 amide bonds. The third kappa shape index (κ3) is 2.91. The van der Waals surface area contributed by atoms with Gasteiger partial charge < -0.3 is 9.84 Å². The fourth-order valence-electron chi connectivity index (χ4n) is 1.12. The van der Waals surface area contributed by atoms with Crippen LogP contribution in [0.2, 0.25) is 0 Å². The lowest BCUT2D eigenvalue weighted by atomic mass is 10.3. The number of nitrogens with one attached hydrogen (secondary N) is 1. The van der Waals surface area contributed by atoms with Gasteiger partial charge in [0.2, 0.25) is 10.0 Å². The summed E-state index contributed by atoms with van der Waals surface area (Å²) in [6.45, 7) is -0.473. The maximum atomic E-state index is 12.9.